The van der Waals surface area contributed by atoms with Crippen LogP contribution in [0.15, 0.2) is 23.4 Å². The molecule has 3 aromatic rings. The van der Waals surface area contributed by atoms with Crippen molar-refractivity contribution in [1.29, 1.82) is 0 Å². The van der Waals surface area contributed by atoms with Crippen LogP contribution in [0.4, 0.5) is 5.95 Å². The quantitative estimate of drug-likeness (QED) is 0.117. The topological polar surface area (TPSA) is 127 Å². The second-order valence-corrected chi connectivity index (χ2v) is 30.9. The predicted molar refractivity (Wildman–Crippen MR) is 229 cm³/mol. The average molecular weight is 818 g/mol. The van der Waals surface area contributed by atoms with Gasteiger partial charge < -0.3 is 23.1 Å². The minimum Gasteiger partial charge on any atom is -0.414 e. The number of nitrogens with zero attached hydrogens (tertiary/aromatic N) is 4. The molecule has 3 atom stereocenters. The first-order valence-electron chi connectivity index (χ1n) is 20.1. The number of hydrogen-bond acceptors (Lipinski definition) is 10. The first-order valence-corrected chi connectivity index (χ1v) is 27.4. The number of imidazole rings is 1. The zero-order valence-corrected chi connectivity index (χ0v) is 39.9. The molecule has 1 aliphatic heterocycles. The van der Waals surface area contributed by atoms with Gasteiger partial charge in [0.05, 0.1) is 19.0 Å². The van der Waals surface area contributed by atoms with Gasteiger partial charge in [0.15, 0.2) is 27.8 Å². The molecule has 11 nitrogen and oxygen atoms in total. The predicted octanol–water partition coefficient (Wildman–Crippen LogP) is 10.7. The van der Waals surface area contributed by atoms with Gasteiger partial charge in [-0.2, -0.15) is 18.4 Å². The van der Waals surface area contributed by atoms with Crippen LogP contribution in [0.5, 0.6) is 5.88 Å². The SMILES string of the molecule is CC(C)CNc1nc(OS(=O)(=O)c2c(C(C)C)cc(C(C)C)cc2C(C)C)c2ncn([C@H]3C[C@H](O[Si](C)(C)C(C)(C)C)[C@@H](CO[Si](C)(C)C(C)(C)C)O3)c2n1. The van der Waals surface area contributed by atoms with Crippen LogP contribution in [-0.4, -0.2) is 69.9 Å². The van der Waals surface area contributed by atoms with E-state index < -0.39 is 33.0 Å². The summed E-state index contributed by atoms with van der Waals surface area (Å²) < 4.78 is 57.7. The summed E-state index contributed by atoms with van der Waals surface area (Å²) >= 11 is 0. The molecule has 1 fully saturated rings. The summed E-state index contributed by atoms with van der Waals surface area (Å²) in [5.41, 5.74) is 3.19. The lowest BCUT2D eigenvalue weighted by molar-refractivity contribution is -0.0383. The van der Waals surface area contributed by atoms with Gasteiger partial charge in [0.25, 0.3) is 5.88 Å². The maximum absolute atomic E-state index is 14.6. The van der Waals surface area contributed by atoms with Gasteiger partial charge in [-0.05, 0) is 76.6 Å². The van der Waals surface area contributed by atoms with E-state index in [0.29, 0.717) is 25.2 Å². The zero-order valence-electron chi connectivity index (χ0n) is 37.0. The molecule has 0 radical (unpaired) electrons. The van der Waals surface area contributed by atoms with Crippen LogP contribution >= 0.6 is 0 Å². The Morgan fingerprint density at radius 2 is 1.44 bits per heavy atom. The Morgan fingerprint density at radius 1 is 0.873 bits per heavy atom. The number of rotatable bonds is 15. The molecule has 0 saturated carbocycles. The molecule has 0 unspecified atom stereocenters. The molecule has 1 N–H and O–H groups in total. The summed E-state index contributed by atoms with van der Waals surface area (Å²) in [5.74, 6) is 0.514. The Kier molecular flexibility index (Phi) is 13.6. The largest absolute Gasteiger partial charge is 0.414 e. The van der Waals surface area contributed by atoms with Crippen LogP contribution in [0.25, 0.3) is 11.2 Å². The number of ether oxygens (including phenoxy) is 1. The van der Waals surface area contributed by atoms with Crippen LogP contribution in [0.3, 0.4) is 0 Å². The van der Waals surface area contributed by atoms with E-state index in [9.17, 15) is 8.42 Å². The van der Waals surface area contributed by atoms with E-state index >= 15 is 0 Å². The first kappa shape index (κ1) is 45.3. The van der Waals surface area contributed by atoms with Crippen molar-refractivity contribution in [3.63, 3.8) is 0 Å². The first-order chi connectivity index (χ1) is 25.1. The highest BCUT2D eigenvalue weighted by atomic mass is 32.2. The van der Waals surface area contributed by atoms with Crippen LogP contribution in [0.2, 0.25) is 36.3 Å². The molecule has 4 rings (SSSR count). The second kappa shape index (κ2) is 16.5. The van der Waals surface area contributed by atoms with Crippen molar-refractivity contribution in [3.8, 4) is 5.88 Å². The summed E-state index contributed by atoms with van der Waals surface area (Å²) in [6.45, 7) is 39.9. The lowest BCUT2D eigenvalue weighted by Gasteiger charge is -2.40. The van der Waals surface area contributed by atoms with Crippen molar-refractivity contribution in [3.05, 3.63) is 35.2 Å². The number of aromatic nitrogens is 4. The van der Waals surface area contributed by atoms with E-state index in [1.54, 1.807) is 6.33 Å². The van der Waals surface area contributed by atoms with E-state index in [1.165, 1.54) is 0 Å². The van der Waals surface area contributed by atoms with Crippen LogP contribution in [-0.2, 0) is 23.7 Å². The Bertz CT molecular complexity index is 1880. The standard InChI is InChI=1S/C41H71N5O6SSi2/c1-25(2)22-42-39-44-37-35(38(45-39)51-53(47,48)36-30(27(5)6)19-29(26(3)4)20-31(36)28(7)8)43-24-46(37)34-21-32(52-55(17,18)41(12,13)14)33(50-34)23-49-54(15,16)40(9,10)11/h19-20,24-28,32-34H,21-23H2,1-18H3,(H,42,44,45)/t32-,33+,34+/m0/s1. The molecule has 0 spiro atoms. The summed E-state index contributed by atoms with van der Waals surface area (Å²) in [6.07, 6.45) is 1.16. The van der Waals surface area contributed by atoms with Gasteiger partial charge in [-0.1, -0.05) is 109 Å². The van der Waals surface area contributed by atoms with E-state index in [0.717, 1.165) is 16.7 Å². The third-order valence-corrected chi connectivity index (χ3v) is 22.1. The Hall–Kier alpha value is -2.37. The minimum atomic E-state index is -4.37. The van der Waals surface area contributed by atoms with Crippen LogP contribution < -0.4 is 9.50 Å². The number of benzene rings is 1. The van der Waals surface area contributed by atoms with Gasteiger partial charge in [0.1, 0.15) is 17.2 Å². The molecule has 1 aliphatic rings. The van der Waals surface area contributed by atoms with Gasteiger partial charge in [0.2, 0.25) is 5.95 Å². The number of nitrogens with one attached hydrogen (secondary N) is 1. The average Bonchev–Trinajstić information content (AvgIpc) is 3.64. The molecule has 310 valence electrons. The smallest absolute Gasteiger partial charge is 0.341 e. The van der Waals surface area contributed by atoms with Crippen molar-refractivity contribution in [2.24, 2.45) is 5.92 Å². The molecule has 1 aromatic carbocycles. The molecule has 1 saturated heterocycles. The highest BCUT2D eigenvalue weighted by Crippen LogP contribution is 2.44. The molecule has 0 amide bonds. The Labute approximate surface area is 334 Å². The van der Waals surface area contributed by atoms with Gasteiger partial charge in [0, 0.05) is 13.0 Å². The van der Waals surface area contributed by atoms with Crippen molar-refractivity contribution < 1.29 is 26.2 Å². The molecular formula is C41H71N5O6SSi2. The normalized spacial score (nSPS) is 19.1. The van der Waals surface area contributed by atoms with Gasteiger partial charge in [-0.3, -0.25) is 4.57 Å². The third-order valence-electron chi connectivity index (χ3n) is 11.7. The minimum absolute atomic E-state index is 0.000450. The second-order valence-electron chi connectivity index (χ2n) is 19.8. The highest BCUT2D eigenvalue weighted by molar-refractivity contribution is 7.87. The fourth-order valence-corrected chi connectivity index (χ4v) is 10.0. The lowest BCUT2D eigenvalue weighted by Crippen LogP contribution is -2.48. The van der Waals surface area contributed by atoms with Gasteiger partial charge in [-0.25, -0.2) is 4.98 Å². The highest BCUT2D eigenvalue weighted by Gasteiger charge is 2.47. The van der Waals surface area contributed by atoms with Gasteiger partial charge in [-0.15, -0.1) is 0 Å². The molecule has 14 heteroatoms. The third kappa shape index (κ3) is 10.2. The monoisotopic (exact) mass is 817 g/mol. The summed E-state index contributed by atoms with van der Waals surface area (Å²) in [7, 11) is -8.66. The van der Waals surface area contributed by atoms with E-state index in [1.807, 2.05) is 44.4 Å². The molecule has 3 heterocycles. The number of anilines is 1. The fraction of sp³-hybridized carbons (Fsp3) is 0.732. The zero-order chi connectivity index (χ0) is 41.6. The molecular weight excluding hydrogens is 747 g/mol. The molecule has 2 aromatic heterocycles. The molecule has 0 bridgehead atoms. The van der Waals surface area contributed by atoms with Crippen molar-refractivity contribution in [1.82, 2.24) is 19.5 Å². The summed E-state index contributed by atoms with van der Waals surface area (Å²) in [6, 6.07) is 4.00. The maximum atomic E-state index is 14.6. The molecule has 0 aliphatic carbocycles. The van der Waals surface area contributed by atoms with E-state index in [-0.39, 0.29) is 68.2 Å². The van der Waals surface area contributed by atoms with E-state index in [2.05, 4.69) is 106 Å². The Morgan fingerprint density at radius 3 is 1.93 bits per heavy atom. The fourth-order valence-electron chi connectivity index (χ4n) is 6.07. The van der Waals surface area contributed by atoms with Crippen molar-refractivity contribution in [2.75, 3.05) is 18.5 Å². The maximum Gasteiger partial charge on any atom is 0.341 e. The molecule has 55 heavy (non-hydrogen) atoms. The summed E-state index contributed by atoms with van der Waals surface area (Å²) in [4.78, 5) is 14.4. The number of hydrogen-bond donors (Lipinski definition) is 1. The van der Waals surface area contributed by atoms with Crippen LogP contribution in [0, 0.1) is 5.92 Å². The lowest BCUT2D eigenvalue weighted by atomic mass is 9.89. The van der Waals surface area contributed by atoms with Gasteiger partial charge >= 0.3 is 10.1 Å². The summed E-state index contributed by atoms with van der Waals surface area (Å²) in [5, 5.41) is 3.33. The van der Waals surface area contributed by atoms with Crippen molar-refractivity contribution in [2.45, 2.75) is 181 Å². The number of fused-ring (bicyclic) bond motifs is 1. The Balaban J connectivity index is 1.83. The van der Waals surface area contributed by atoms with Crippen LogP contribution in [0.1, 0.15) is 144 Å². The van der Waals surface area contributed by atoms with Crippen molar-refractivity contribution >= 4 is 43.9 Å². The van der Waals surface area contributed by atoms with E-state index in [4.69, 9.17) is 27.7 Å².